The van der Waals surface area contributed by atoms with Gasteiger partial charge in [-0.3, -0.25) is 0 Å². The van der Waals surface area contributed by atoms with Crippen LogP contribution < -0.4 is 23.7 Å². The molecule has 0 amide bonds. The number of aromatic hydroxyl groups is 1. The predicted molar refractivity (Wildman–Crippen MR) is 97.2 cm³/mol. The highest BCUT2D eigenvalue weighted by molar-refractivity contribution is 5.54. The van der Waals surface area contributed by atoms with Crippen molar-refractivity contribution in [3.05, 3.63) is 35.9 Å². The van der Waals surface area contributed by atoms with Gasteiger partial charge in [0.15, 0.2) is 29.1 Å². The molecule has 27 heavy (non-hydrogen) atoms. The minimum Gasteiger partial charge on any atom is -0.502 e. The Labute approximate surface area is 157 Å². The average Bonchev–Trinajstić information content (AvgIpc) is 2.71. The van der Waals surface area contributed by atoms with Crippen molar-refractivity contribution in [3.8, 4) is 34.5 Å². The van der Waals surface area contributed by atoms with E-state index in [1.807, 2.05) is 0 Å². The molecule has 0 saturated carbocycles. The first kappa shape index (κ1) is 20.5. The maximum atomic E-state index is 10.7. The molecule has 0 radical (unpaired) electrons. The molecule has 0 spiro atoms. The molecular weight excluding hydrogens is 356 g/mol. The van der Waals surface area contributed by atoms with Crippen LogP contribution in [0, 0.1) is 0 Å². The van der Waals surface area contributed by atoms with Crippen molar-refractivity contribution >= 4 is 0 Å². The van der Waals surface area contributed by atoms with Gasteiger partial charge in [-0.2, -0.15) is 0 Å². The van der Waals surface area contributed by atoms with Gasteiger partial charge < -0.3 is 39.0 Å². The normalized spacial score (nSPS) is 12.8. The molecular formula is C19H24O8. The van der Waals surface area contributed by atoms with E-state index in [0.29, 0.717) is 17.1 Å². The van der Waals surface area contributed by atoms with Crippen molar-refractivity contribution in [2.75, 3.05) is 35.0 Å². The van der Waals surface area contributed by atoms with Gasteiger partial charge in [0.1, 0.15) is 6.10 Å². The summed E-state index contributed by atoms with van der Waals surface area (Å²) in [5, 5.41) is 30.5. The van der Waals surface area contributed by atoms with Gasteiger partial charge in [0.05, 0.1) is 35.0 Å². The lowest BCUT2D eigenvalue weighted by molar-refractivity contribution is -0.00184. The second-order valence-corrected chi connectivity index (χ2v) is 5.55. The highest BCUT2D eigenvalue weighted by Gasteiger charge is 2.27. The van der Waals surface area contributed by atoms with Gasteiger partial charge in [-0.05, 0) is 29.8 Å². The Balaban J connectivity index is 2.39. The van der Waals surface area contributed by atoms with Gasteiger partial charge in [0.2, 0.25) is 11.5 Å². The summed E-state index contributed by atoms with van der Waals surface area (Å²) in [5.41, 5.74) is 0.328. The first-order valence-electron chi connectivity index (χ1n) is 8.12. The number of phenols is 1. The molecule has 148 valence electrons. The van der Waals surface area contributed by atoms with Gasteiger partial charge in [0, 0.05) is 0 Å². The van der Waals surface area contributed by atoms with Crippen LogP contribution in [-0.4, -0.2) is 56.5 Å². The summed E-state index contributed by atoms with van der Waals surface area (Å²) >= 11 is 0. The number of aliphatic hydroxyl groups excluding tert-OH is 2. The molecule has 2 rings (SSSR count). The molecule has 8 heteroatoms. The number of rotatable bonds is 9. The predicted octanol–water partition coefficient (Wildman–Crippen LogP) is 1.90. The highest BCUT2D eigenvalue weighted by atomic mass is 16.6. The van der Waals surface area contributed by atoms with Crippen molar-refractivity contribution in [3.63, 3.8) is 0 Å². The van der Waals surface area contributed by atoms with Crippen LogP contribution in [0.1, 0.15) is 11.7 Å². The van der Waals surface area contributed by atoms with E-state index in [4.69, 9.17) is 23.7 Å². The number of para-hydroxylation sites is 1. The lowest BCUT2D eigenvalue weighted by Crippen LogP contribution is -2.29. The highest BCUT2D eigenvalue weighted by Crippen LogP contribution is 2.41. The average molecular weight is 380 g/mol. The van der Waals surface area contributed by atoms with Crippen molar-refractivity contribution < 1.29 is 39.0 Å². The van der Waals surface area contributed by atoms with Crippen LogP contribution in [0.3, 0.4) is 0 Å². The van der Waals surface area contributed by atoms with E-state index in [0.717, 1.165) is 0 Å². The minimum atomic E-state index is -1.26. The molecule has 3 N–H and O–H groups in total. The summed E-state index contributed by atoms with van der Waals surface area (Å²) in [7, 11) is 5.71. The van der Waals surface area contributed by atoms with Crippen LogP contribution in [0.5, 0.6) is 34.5 Å². The Hall–Kier alpha value is -2.84. The van der Waals surface area contributed by atoms with Gasteiger partial charge in [-0.25, -0.2) is 0 Å². The summed E-state index contributed by atoms with van der Waals surface area (Å²) < 4.78 is 26.5. The van der Waals surface area contributed by atoms with E-state index in [1.165, 1.54) is 40.6 Å². The van der Waals surface area contributed by atoms with Crippen molar-refractivity contribution in [1.82, 2.24) is 0 Å². The third-order valence-corrected chi connectivity index (χ3v) is 4.03. The Morgan fingerprint density at radius 2 is 1.33 bits per heavy atom. The van der Waals surface area contributed by atoms with Crippen molar-refractivity contribution in [1.29, 1.82) is 0 Å². The van der Waals surface area contributed by atoms with Crippen LogP contribution in [0.2, 0.25) is 0 Å². The van der Waals surface area contributed by atoms with Gasteiger partial charge in [-0.1, -0.05) is 6.07 Å². The molecule has 0 heterocycles. The number of aliphatic hydroxyl groups is 2. The van der Waals surface area contributed by atoms with Gasteiger partial charge in [-0.15, -0.1) is 0 Å². The van der Waals surface area contributed by atoms with Crippen LogP contribution in [0.15, 0.2) is 30.3 Å². The monoisotopic (exact) mass is 380 g/mol. The molecule has 0 aliphatic carbocycles. The number of phenolic OH excluding ortho intramolecular Hbond substituents is 1. The van der Waals surface area contributed by atoms with Crippen molar-refractivity contribution in [2.24, 2.45) is 0 Å². The number of benzene rings is 2. The number of hydrogen-bond donors (Lipinski definition) is 3. The van der Waals surface area contributed by atoms with E-state index >= 15 is 0 Å². The quantitative estimate of drug-likeness (QED) is 0.606. The Kier molecular flexibility index (Phi) is 6.98. The third-order valence-electron chi connectivity index (χ3n) is 4.03. The summed E-state index contributed by atoms with van der Waals surface area (Å²) in [6.07, 6.45) is -2.30. The lowest BCUT2D eigenvalue weighted by Gasteiger charge is -2.25. The first-order valence-corrected chi connectivity index (χ1v) is 8.12. The Bertz CT molecular complexity index is 714. The van der Waals surface area contributed by atoms with Crippen LogP contribution >= 0.6 is 0 Å². The summed E-state index contributed by atoms with van der Waals surface area (Å²) in [6, 6.07) is 7.95. The molecule has 0 saturated heterocycles. The standard InChI is InChI=1S/C19H24O8/c1-23-12-6-5-7-13(24-2)19(12)27-16(10-20)17(21)11-8-14(25-3)18(22)15(9-11)26-4/h5-9,16-17,20-22H,10H2,1-4H3/t16-,17+/m0/s1. The largest absolute Gasteiger partial charge is 0.502 e. The van der Waals surface area contributed by atoms with Crippen LogP contribution in [0.25, 0.3) is 0 Å². The molecule has 8 nitrogen and oxygen atoms in total. The zero-order valence-corrected chi connectivity index (χ0v) is 15.6. The van der Waals surface area contributed by atoms with E-state index in [2.05, 4.69) is 0 Å². The van der Waals surface area contributed by atoms with Gasteiger partial charge in [0.25, 0.3) is 0 Å². The fourth-order valence-electron chi connectivity index (χ4n) is 2.59. The fraction of sp³-hybridized carbons (Fsp3) is 0.368. The molecule has 0 aromatic heterocycles. The van der Waals surface area contributed by atoms with E-state index < -0.39 is 18.8 Å². The third kappa shape index (κ3) is 4.29. The SMILES string of the molecule is COc1cc([C@@H](O)[C@H](CO)Oc2c(OC)cccc2OC)cc(OC)c1O. The minimum absolute atomic E-state index is 0.120. The zero-order valence-electron chi connectivity index (χ0n) is 15.6. The molecule has 2 aromatic carbocycles. The molecule has 2 atom stereocenters. The lowest BCUT2D eigenvalue weighted by atomic mass is 10.0. The zero-order chi connectivity index (χ0) is 20.0. The Morgan fingerprint density at radius 3 is 1.74 bits per heavy atom. The van der Waals surface area contributed by atoms with Crippen LogP contribution in [-0.2, 0) is 0 Å². The van der Waals surface area contributed by atoms with E-state index in [-0.39, 0.29) is 23.0 Å². The smallest absolute Gasteiger partial charge is 0.203 e. The molecule has 0 fully saturated rings. The maximum absolute atomic E-state index is 10.7. The summed E-state index contributed by atoms with van der Waals surface area (Å²) in [5.74, 6) is 1.08. The van der Waals surface area contributed by atoms with Crippen molar-refractivity contribution in [2.45, 2.75) is 12.2 Å². The van der Waals surface area contributed by atoms with E-state index in [1.54, 1.807) is 18.2 Å². The maximum Gasteiger partial charge on any atom is 0.203 e. The Morgan fingerprint density at radius 1 is 0.852 bits per heavy atom. The summed E-state index contributed by atoms with van der Waals surface area (Å²) in [6.45, 7) is -0.492. The first-order chi connectivity index (χ1) is 13.0. The van der Waals surface area contributed by atoms with E-state index in [9.17, 15) is 15.3 Å². The second-order valence-electron chi connectivity index (χ2n) is 5.55. The topological polar surface area (TPSA) is 107 Å². The summed E-state index contributed by atoms with van der Waals surface area (Å²) in [4.78, 5) is 0. The number of ether oxygens (including phenoxy) is 5. The van der Waals surface area contributed by atoms with Crippen LogP contribution in [0.4, 0.5) is 0 Å². The number of methoxy groups -OCH3 is 4. The molecule has 0 unspecified atom stereocenters. The number of hydrogen-bond acceptors (Lipinski definition) is 8. The second kappa shape index (κ2) is 9.20. The van der Waals surface area contributed by atoms with Gasteiger partial charge >= 0.3 is 0 Å². The molecule has 2 aromatic rings. The molecule has 0 aliphatic heterocycles. The fourth-order valence-corrected chi connectivity index (χ4v) is 2.59. The molecule has 0 aliphatic rings. The molecule has 0 bridgehead atoms.